The highest BCUT2D eigenvalue weighted by molar-refractivity contribution is 6.31. The number of aromatic hydroxyl groups is 1. The zero-order chi connectivity index (χ0) is 10.8. The van der Waals surface area contributed by atoms with Crippen molar-refractivity contribution in [3.63, 3.8) is 0 Å². The van der Waals surface area contributed by atoms with Crippen molar-refractivity contribution in [2.24, 2.45) is 0 Å². The fourth-order valence-corrected chi connectivity index (χ4v) is 2.26. The van der Waals surface area contributed by atoms with Crippen LogP contribution in [0.25, 0.3) is 0 Å². The van der Waals surface area contributed by atoms with Gasteiger partial charge in [-0.05, 0) is 30.5 Å². The summed E-state index contributed by atoms with van der Waals surface area (Å²) >= 11 is 6.14. The number of hydrogen-bond donors (Lipinski definition) is 2. The summed E-state index contributed by atoms with van der Waals surface area (Å²) in [5.41, 5.74) is 1.000. The molecular weight excluding hydrogens is 214 g/mol. The summed E-state index contributed by atoms with van der Waals surface area (Å²) in [7, 11) is 1.52. The van der Waals surface area contributed by atoms with Gasteiger partial charge in [0.05, 0.1) is 7.11 Å². The van der Waals surface area contributed by atoms with Crippen LogP contribution < -0.4 is 10.1 Å². The molecule has 1 fully saturated rings. The van der Waals surface area contributed by atoms with E-state index in [-0.39, 0.29) is 5.75 Å². The number of halogens is 1. The summed E-state index contributed by atoms with van der Waals surface area (Å²) in [6, 6.07) is 3.38. The third kappa shape index (κ3) is 2.03. The lowest BCUT2D eigenvalue weighted by atomic mass is 9.98. The van der Waals surface area contributed by atoms with Crippen molar-refractivity contribution in [1.29, 1.82) is 0 Å². The van der Waals surface area contributed by atoms with Crippen LogP contribution in [0.15, 0.2) is 12.1 Å². The smallest absolute Gasteiger partial charge is 0.161 e. The first-order valence-electron chi connectivity index (χ1n) is 4.99. The Morgan fingerprint density at radius 2 is 2.33 bits per heavy atom. The molecule has 0 radical (unpaired) electrons. The molecule has 1 saturated heterocycles. The zero-order valence-corrected chi connectivity index (χ0v) is 9.34. The molecular formula is C11H14ClNO2. The summed E-state index contributed by atoms with van der Waals surface area (Å²) < 4.78 is 4.99. The molecule has 15 heavy (non-hydrogen) atoms. The van der Waals surface area contributed by atoms with Gasteiger partial charge in [-0.2, -0.15) is 0 Å². The van der Waals surface area contributed by atoms with Crippen LogP contribution in [0.1, 0.15) is 17.9 Å². The van der Waals surface area contributed by atoms with Crippen LogP contribution in [0.5, 0.6) is 11.5 Å². The van der Waals surface area contributed by atoms with Crippen LogP contribution in [0.3, 0.4) is 0 Å². The third-order valence-corrected chi connectivity index (χ3v) is 3.13. The average Bonchev–Trinajstić information content (AvgIpc) is 2.74. The SMILES string of the molecule is COc1cc(Cl)c(C2CCNC2)cc1O. The number of hydrogen-bond acceptors (Lipinski definition) is 3. The van der Waals surface area contributed by atoms with E-state index in [0.717, 1.165) is 25.1 Å². The lowest BCUT2D eigenvalue weighted by Gasteiger charge is -2.13. The number of phenolic OH excluding ortho intramolecular Hbond substituents is 1. The maximum Gasteiger partial charge on any atom is 0.161 e. The van der Waals surface area contributed by atoms with Gasteiger partial charge in [0.15, 0.2) is 11.5 Å². The van der Waals surface area contributed by atoms with E-state index in [9.17, 15) is 5.11 Å². The minimum Gasteiger partial charge on any atom is -0.504 e. The molecule has 0 bridgehead atoms. The van der Waals surface area contributed by atoms with E-state index in [0.29, 0.717) is 16.7 Å². The molecule has 1 aliphatic rings. The first kappa shape index (κ1) is 10.6. The standard InChI is InChI=1S/C11H14ClNO2/c1-15-11-5-9(12)8(4-10(11)14)7-2-3-13-6-7/h4-5,7,13-14H,2-3,6H2,1H3. The van der Waals surface area contributed by atoms with Gasteiger partial charge in [-0.3, -0.25) is 0 Å². The van der Waals surface area contributed by atoms with Gasteiger partial charge in [-0.1, -0.05) is 11.6 Å². The second-order valence-electron chi connectivity index (χ2n) is 3.74. The Morgan fingerprint density at radius 1 is 1.53 bits per heavy atom. The highest BCUT2D eigenvalue weighted by atomic mass is 35.5. The molecule has 0 aromatic heterocycles. The highest BCUT2D eigenvalue weighted by Gasteiger charge is 2.20. The maximum absolute atomic E-state index is 9.67. The molecule has 0 aliphatic carbocycles. The summed E-state index contributed by atoms with van der Waals surface area (Å²) in [6.07, 6.45) is 1.06. The molecule has 4 heteroatoms. The topological polar surface area (TPSA) is 41.5 Å². The van der Waals surface area contributed by atoms with Crippen LogP contribution in [-0.2, 0) is 0 Å². The molecule has 82 valence electrons. The normalized spacial score (nSPS) is 20.5. The monoisotopic (exact) mass is 227 g/mol. The first-order valence-corrected chi connectivity index (χ1v) is 5.37. The Hall–Kier alpha value is -0.930. The number of nitrogens with one attached hydrogen (secondary N) is 1. The van der Waals surface area contributed by atoms with Crippen molar-refractivity contribution in [2.45, 2.75) is 12.3 Å². The van der Waals surface area contributed by atoms with Gasteiger partial charge in [-0.25, -0.2) is 0 Å². The zero-order valence-electron chi connectivity index (χ0n) is 8.59. The Morgan fingerprint density at radius 3 is 2.93 bits per heavy atom. The van der Waals surface area contributed by atoms with E-state index in [4.69, 9.17) is 16.3 Å². The predicted molar refractivity (Wildman–Crippen MR) is 59.9 cm³/mol. The van der Waals surface area contributed by atoms with Crippen LogP contribution in [0.2, 0.25) is 5.02 Å². The van der Waals surface area contributed by atoms with Gasteiger partial charge in [0, 0.05) is 17.6 Å². The fourth-order valence-electron chi connectivity index (χ4n) is 1.96. The van der Waals surface area contributed by atoms with E-state index in [2.05, 4.69) is 5.32 Å². The molecule has 1 aliphatic heterocycles. The molecule has 3 nitrogen and oxygen atoms in total. The van der Waals surface area contributed by atoms with Crippen LogP contribution >= 0.6 is 11.6 Å². The van der Waals surface area contributed by atoms with E-state index in [1.807, 2.05) is 0 Å². The Bertz CT molecular complexity index is 362. The number of rotatable bonds is 2. The molecule has 0 amide bonds. The van der Waals surface area contributed by atoms with Crippen LogP contribution in [-0.4, -0.2) is 25.3 Å². The van der Waals surface area contributed by atoms with Gasteiger partial charge >= 0.3 is 0 Å². The maximum atomic E-state index is 9.67. The molecule has 1 atom stereocenters. The van der Waals surface area contributed by atoms with Crippen LogP contribution in [0, 0.1) is 0 Å². The minimum absolute atomic E-state index is 0.156. The summed E-state index contributed by atoms with van der Waals surface area (Å²) in [6.45, 7) is 1.93. The largest absolute Gasteiger partial charge is 0.504 e. The first-order chi connectivity index (χ1) is 7.22. The van der Waals surface area contributed by atoms with Crippen LogP contribution in [0.4, 0.5) is 0 Å². The van der Waals surface area contributed by atoms with E-state index in [1.54, 1.807) is 12.1 Å². The van der Waals surface area contributed by atoms with E-state index < -0.39 is 0 Å². The van der Waals surface area contributed by atoms with Crippen molar-refractivity contribution in [3.05, 3.63) is 22.7 Å². The predicted octanol–water partition coefficient (Wildman–Crippen LogP) is 2.13. The second kappa shape index (κ2) is 4.29. The summed E-state index contributed by atoms with van der Waals surface area (Å²) in [5, 5.41) is 13.6. The highest BCUT2D eigenvalue weighted by Crippen LogP contribution is 2.37. The van der Waals surface area contributed by atoms with Gasteiger partial charge in [0.2, 0.25) is 0 Å². The number of ether oxygens (including phenoxy) is 1. The minimum atomic E-state index is 0.156. The van der Waals surface area contributed by atoms with Gasteiger partial charge < -0.3 is 15.2 Å². The molecule has 1 aromatic carbocycles. The molecule has 0 spiro atoms. The Balaban J connectivity index is 2.35. The van der Waals surface area contributed by atoms with Crippen molar-refractivity contribution in [1.82, 2.24) is 5.32 Å². The van der Waals surface area contributed by atoms with E-state index >= 15 is 0 Å². The number of benzene rings is 1. The fraction of sp³-hybridized carbons (Fsp3) is 0.455. The van der Waals surface area contributed by atoms with Gasteiger partial charge in [0.25, 0.3) is 0 Å². The number of methoxy groups -OCH3 is 1. The lowest BCUT2D eigenvalue weighted by Crippen LogP contribution is -2.08. The molecule has 2 rings (SSSR count). The van der Waals surface area contributed by atoms with E-state index in [1.165, 1.54) is 7.11 Å². The average molecular weight is 228 g/mol. The lowest BCUT2D eigenvalue weighted by molar-refractivity contribution is 0.373. The Labute approximate surface area is 94.0 Å². The molecule has 1 unspecified atom stereocenters. The van der Waals surface area contributed by atoms with Gasteiger partial charge in [0.1, 0.15) is 0 Å². The summed E-state index contributed by atoms with van der Waals surface area (Å²) in [5.74, 6) is 0.979. The Kier molecular flexibility index (Phi) is 3.03. The molecule has 0 saturated carbocycles. The third-order valence-electron chi connectivity index (χ3n) is 2.80. The van der Waals surface area contributed by atoms with Gasteiger partial charge in [-0.15, -0.1) is 0 Å². The molecule has 1 heterocycles. The van der Waals surface area contributed by atoms with Crippen molar-refractivity contribution < 1.29 is 9.84 Å². The van der Waals surface area contributed by atoms with Crippen molar-refractivity contribution in [2.75, 3.05) is 20.2 Å². The number of phenols is 1. The quantitative estimate of drug-likeness (QED) is 0.814. The molecule has 2 N–H and O–H groups in total. The van der Waals surface area contributed by atoms with Crippen molar-refractivity contribution >= 4 is 11.6 Å². The van der Waals surface area contributed by atoms with Crippen molar-refractivity contribution in [3.8, 4) is 11.5 Å². The molecule has 1 aromatic rings. The second-order valence-corrected chi connectivity index (χ2v) is 4.14. The summed E-state index contributed by atoms with van der Waals surface area (Å²) in [4.78, 5) is 0.